The van der Waals surface area contributed by atoms with Gasteiger partial charge in [-0.3, -0.25) is 4.55 Å². The van der Waals surface area contributed by atoms with Gasteiger partial charge in [0.15, 0.2) is 0 Å². The summed E-state index contributed by atoms with van der Waals surface area (Å²) in [5, 5.41) is 31.4. The first-order valence-corrected chi connectivity index (χ1v) is 50.8. The van der Waals surface area contributed by atoms with E-state index in [4.69, 9.17) is 13.9 Å². The summed E-state index contributed by atoms with van der Waals surface area (Å²) in [6.45, 7) is 10.2. The lowest BCUT2D eigenvalue weighted by molar-refractivity contribution is 0.00578. The molecule has 8 nitrogen and oxygen atoms in total. The van der Waals surface area contributed by atoms with Crippen molar-refractivity contribution < 1.29 is 37.4 Å². The number of hydrogen-bond donors (Lipinski definition) is 4. The molecule has 0 saturated carbocycles. The van der Waals surface area contributed by atoms with Crippen molar-refractivity contribution in [1.82, 2.24) is 0 Å². The number of aryl methyl sites for hydroxylation is 1. The standard InChI is InChI=1S/C32H31BO2.C26H21BO2.C26H21BrO.C26H19Br.C13H12.C7H8O3S/c1-31(2)32(3,4)35-33(34-31)28-22-20-27(21-23-28)30(26-18-12-7-13-19-26)29(24-14-8-5-9-15-24)25-16-10-6-11-17-25;28-27(29)24-18-16-23(17-19-24)26(22-14-8-3-9-15-22)25(20-10-4-1-5-11-20)21-12-6-2-7-13-21;27-24-18-16-23(17-19-24)26(28,22-14-8-3-9-15-22)25(20-10-4-1-5-11-20)21-12-6-2-7-13-21;27-24-18-16-23(17-19-24)26(22-14-8-3-9-15-22)25(20-10-4-1-5-11-20)21-12-6-2-7-13-21;1-3-7-12(8-4-1)11-13-9-5-2-6-10-13;1-6-2-4-7(5-3-6)11(8,9)10/h5-23H,1-4H3;1-19,28-29H;1-19,25,28H;1-19H;1-10H,11H2;2-5H,1H3,(H,8,9,10). The third-order valence-corrected chi connectivity index (χ3v) is 27.2. The van der Waals surface area contributed by atoms with Crippen molar-refractivity contribution in [1.29, 1.82) is 0 Å². The van der Waals surface area contributed by atoms with E-state index in [1.54, 1.807) is 24.3 Å². The molecule has 19 aromatic carbocycles. The van der Waals surface area contributed by atoms with E-state index in [9.17, 15) is 23.6 Å². The smallest absolute Gasteiger partial charge is 0.423 e. The molecule has 1 unspecified atom stereocenters. The lowest BCUT2D eigenvalue weighted by Gasteiger charge is -2.38. The zero-order valence-corrected chi connectivity index (χ0v) is 84.5. The maximum Gasteiger partial charge on any atom is 0.494 e. The Kier molecular flexibility index (Phi) is 35.9. The minimum Gasteiger partial charge on any atom is -0.423 e. The molecule has 0 bridgehead atoms. The average Bonchev–Trinajstić information content (AvgIpc) is 1.17. The van der Waals surface area contributed by atoms with Gasteiger partial charge in [0.25, 0.3) is 10.1 Å². The summed E-state index contributed by atoms with van der Waals surface area (Å²) in [6, 6.07) is 185. The Bertz CT molecular complexity index is 7160. The van der Waals surface area contributed by atoms with Crippen molar-refractivity contribution in [3.63, 3.8) is 0 Å². The minimum atomic E-state index is -4.02. The summed E-state index contributed by atoms with van der Waals surface area (Å²) in [5.41, 5.74) is 28.2. The fourth-order valence-corrected chi connectivity index (χ4v) is 18.4. The summed E-state index contributed by atoms with van der Waals surface area (Å²) < 4.78 is 44.2. The molecule has 13 heteroatoms. The molecule has 1 aliphatic rings. The third kappa shape index (κ3) is 27.3. The van der Waals surface area contributed by atoms with Crippen LogP contribution in [0.2, 0.25) is 0 Å². The molecular weight excluding hydrogens is 1900 g/mol. The van der Waals surface area contributed by atoms with E-state index in [1.807, 2.05) is 165 Å². The molecule has 0 aromatic heterocycles. The van der Waals surface area contributed by atoms with Crippen LogP contribution in [0.5, 0.6) is 0 Å². The zero-order chi connectivity index (χ0) is 99.8. The molecule has 1 saturated heterocycles. The van der Waals surface area contributed by atoms with E-state index in [0.717, 1.165) is 87.6 Å². The monoisotopic (exact) mass is 2010 g/mol. The van der Waals surface area contributed by atoms with E-state index in [-0.39, 0.29) is 29.1 Å². The first-order chi connectivity index (χ1) is 69.6. The van der Waals surface area contributed by atoms with Gasteiger partial charge in [-0.1, -0.05) is 547 Å². The molecule has 19 aromatic rings. The predicted molar refractivity (Wildman–Crippen MR) is 601 cm³/mol. The zero-order valence-electron chi connectivity index (χ0n) is 80.5. The second-order valence-electron chi connectivity index (χ2n) is 35.6. The van der Waals surface area contributed by atoms with Crippen LogP contribution in [0.4, 0.5) is 0 Å². The van der Waals surface area contributed by atoms with Crippen molar-refractivity contribution in [3.05, 3.63) is 661 Å². The lowest BCUT2D eigenvalue weighted by atomic mass is 9.70. The Morgan fingerprint density at radius 2 is 0.510 bits per heavy atom. The topological polar surface area (TPSA) is 134 Å². The molecule has 1 heterocycles. The second-order valence-corrected chi connectivity index (χ2v) is 38.8. The molecule has 143 heavy (non-hydrogen) atoms. The first kappa shape index (κ1) is 103. The van der Waals surface area contributed by atoms with Gasteiger partial charge >= 0.3 is 14.2 Å². The van der Waals surface area contributed by atoms with Gasteiger partial charge in [0.05, 0.1) is 16.1 Å². The molecule has 0 spiro atoms. The van der Waals surface area contributed by atoms with Crippen LogP contribution < -0.4 is 10.9 Å². The Balaban J connectivity index is 0.000000134. The van der Waals surface area contributed by atoms with Crippen LogP contribution in [0.1, 0.15) is 139 Å². The molecule has 706 valence electrons. The molecule has 4 N–H and O–H groups in total. The van der Waals surface area contributed by atoms with Crippen molar-refractivity contribution in [3.8, 4) is 0 Å². The third-order valence-electron chi connectivity index (χ3n) is 25.3. The Morgan fingerprint density at radius 1 is 0.294 bits per heavy atom. The van der Waals surface area contributed by atoms with Gasteiger partial charge in [-0.05, 0) is 222 Å². The van der Waals surface area contributed by atoms with Crippen molar-refractivity contribution in [2.75, 3.05) is 0 Å². The van der Waals surface area contributed by atoms with E-state index in [2.05, 4.69) is 411 Å². The SMILES string of the molecule is Brc1ccc(C(=C(c2ccccc2)c2ccccc2)c2ccccc2)cc1.CC1(C)OB(c2ccc(C(=C(c3ccccc3)c3ccccc3)c3ccccc3)cc2)OC1(C)C.Cc1ccc(S(=O)(=O)O)cc1.OB(O)c1ccc(C(=C(c2ccccc2)c2ccccc2)c2ccccc2)cc1.OC(c1ccccc1)(c1ccc(Br)cc1)C(c1ccccc1)c1ccccc1.c1ccc(Cc2ccccc2)cc1. The van der Waals surface area contributed by atoms with E-state index < -0.39 is 22.8 Å². The van der Waals surface area contributed by atoms with Crippen LogP contribution in [0.3, 0.4) is 0 Å². The predicted octanol–water partition coefficient (Wildman–Crippen LogP) is 29.9. The van der Waals surface area contributed by atoms with Crippen LogP contribution in [-0.2, 0) is 31.4 Å². The van der Waals surface area contributed by atoms with Gasteiger partial charge < -0.3 is 24.5 Å². The summed E-state index contributed by atoms with van der Waals surface area (Å²) in [7, 11) is -5.87. The Labute approximate surface area is 860 Å². The Morgan fingerprint density at radius 3 is 0.769 bits per heavy atom. The fraction of sp³-hybridized carbons (Fsp3) is 0.0769. The minimum absolute atomic E-state index is 0.0666. The lowest BCUT2D eigenvalue weighted by Crippen LogP contribution is -2.41. The fourth-order valence-electron chi connectivity index (χ4n) is 17.4. The van der Waals surface area contributed by atoms with Gasteiger partial charge in [-0.15, -0.1) is 0 Å². The maximum absolute atomic E-state index is 12.4. The molecule has 1 aliphatic heterocycles. The highest BCUT2D eigenvalue weighted by molar-refractivity contribution is 9.10. The molecule has 0 aliphatic carbocycles. The van der Waals surface area contributed by atoms with E-state index in [1.165, 1.54) is 84.5 Å². The van der Waals surface area contributed by atoms with Gasteiger partial charge in [0.1, 0.15) is 5.60 Å². The van der Waals surface area contributed by atoms with Crippen LogP contribution >= 0.6 is 31.9 Å². The number of benzene rings is 19. The van der Waals surface area contributed by atoms with Crippen LogP contribution in [0.15, 0.2) is 560 Å². The maximum atomic E-state index is 12.4. The summed E-state index contributed by atoms with van der Waals surface area (Å²) in [6.07, 6.45) is 1.03. The van der Waals surface area contributed by atoms with E-state index in [0.29, 0.717) is 5.46 Å². The highest BCUT2D eigenvalue weighted by atomic mass is 79.9. The molecule has 1 fully saturated rings. The van der Waals surface area contributed by atoms with Crippen molar-refractivity contribution in [2.24, 2.45) is 0 Å². The van der Waals surface area contributed by atoms with Gasteiger partial charge in [-0.2, -0.15) is 8.42 Å². The highest BCUT2D eigenvalue weighted by Crippen LogP contribution is 2.48. The first-order valence-electron chi connectivity index (χ1n) is 47.7. The Hall–Kier alpha value is -14.8. The summed E-state index contributed by atoms with van der Waals surface area (Å²) in [5.74, 6) is -0.251. The molecular formula is C130H112B2Br2O8S. The molecule has 0 radical (unpaired) electrons. The number of aliphatic hydroxyl groups is 1. The quantitative estimate of drug-likeness (QED) is 0.0300. The summed E-state index contributed by atoms with van der Waals surface area (Å²) >= 11 is 7.08. The average molecular weight is 2020 g/mol. The molecule has 0 amide bonds. The summed E-state index contributed by atoms with van der Waals surface area (Å²) in [4.78, 5) is -0.0666. The van der Waals surface area contributed by atoms with Crippen molar-refractivity contribution >= 4 is 101 Å². The number of halogens is 2. The number of hydrogen-bond acceptors (Lipinski definition) is 7. The second kappa shape index (κ2) is 50.0. The van der Waals surface area contributed by atoms with Gasteiger partial charge in [-0.25, -0.2) is 0 Å². The van der Waals surface area contributed by atoms with Gasteiger partial charge in [0.2, 0.25) is 0 Å². The van der Waals surface area contributed by atoms with Crippen LogP contribution in [-0.4, -0.2) is 53.6 Å². The largest absolute Gasteiger partial charge is 0.494 e. The molecule has 1 atom stereocenters. The van der Waals surface area contributed by atoms with E-state index >= 15 is 0 Å². The van der Waals surface area contributed by atoms with Crippen molar-refractivity contribution in [2.45, 2.75) is 68.7 Å². The number of rotatable bonds is 22. The van der Waals surface area contributed by atoms with Gasteiger partial charge in [0, 0.05) is 14.9 Å². The van der Waals surface area contributed by atoms with Crippen LogP contribution in [0, 0.1) is 6.92 Å². The molecule has 20 rings (SSSR count). The highest BCUT2D eigenvalue weighted by Gasteiger charge is 2.52. The normalized spacial score (nSPS) is 12.4. The van der Waals surface area contributed by atoms with Crippen LogP contribution in [0.25, 0.3) is 33.4 Å².